The van der Waals surface area contributed by atoms with Gasteiger partial charge in [-0.3, -0.25) is 0 Å². The molecule has 0 saturated carbocycles. The average molecular weight is 200 g/mol. The lowest BCUT2D eigenvalue weighted by Gasteiger charge is -2.02. The second-order valence-electron chi connectivity index (χ2n) is 3.21. The molecule has 0 amide bonds. The van der Waals surface area contributed by atoms with E-state index in [9.17, 15) is 0 Å². The highest BCUT2D eigenvalue weighted by molar-refractivity contribution is 6.43. The summed E-state index contributed by atoms with van der Waals surface area (Å²) < 4.78 is 0. The summed E-state index contributed by atoms with van der Waals surface area (Å²) in [5.74, 6) is 0. The standard InChI is InChI=1S/C13H19BN/c1-4-6-7-8-9-10-14-11-13(15)12(3)5-2/h4,6-9,15H,1,3,5,10-11H2,2H3/b7-6-,9-8-,15-13?. The van der Waals surface area contributed by atoms with E-state index >= 15 is 0 Å². The van der Waals surface area contributed by atoms with E-state index in [0.717, 1.165) is 18.3 Å². The predicted octanol–water partition coefficient (Wildman–Crippen LogP) is 3.81. The molecule has 2 heteroatoms. The number of allylic oxidation sites excluding steroid dienone is 6. The summed E-state index contributed by atoms with van der Waals surface area (Å²) in [5, 5.41) is 7.66. The smallest absolute Gasteiger partial charge is 0.122 e. The third kappa shape index (κ3) is 7.74. The van der Waals surface area contributed by atoms with Gasteiger partial charge in [-0.1, -0.05) is 56.8 Å². The predicted molar refractivity (Wildman–Crippen MR) is 71.0 cm³/mol. The molecule has 0 atom stereocenters. The van der Waals surface area contributed by atoms with Gasteiger partial charge in [0.15, 0.2) is 0 Å². The molecule has 0 unspecified atom stereocenters. The van der Waals surface area contributed by atoms with Crippen LogP contribution in [0.25, 0.3) is 0 Å². The highest BCUT2D eigenvalue weighted by Gasteiger charge is 1.99. The highest BCUT2D eigenvalue weighted by Crippen LogP contribution is 2.03. The first kappa shape index (κ1) is 13.7. The molecule has 0 aromatic rings. The zero-order valence-corrected chi connectivity index (χ0v) is 9.50. The maximum atomic E-state index is 7.66. The molecule has 0 spiro atoms. The highest BCUT2D eigenvalue weighted by atomic mass is 14.4. The van der Waals surface area contributed by atoms with Crippen molar-refractivity contribution >= 4 is 13.0 Å². The lowest BCUT2D eigenvalue weighted by atomic mass is 9.68. The summed E-state index contributed by atoms with van der Waals surface area (Å²) in [4.78, 5) is 0. The zero-order chi connectivity index (χ0) is 11.5. The quantitative estimate of drug-likeness (QED) is 0.266. The van der Waals surface area contributed by atoms with Crippen LogP contribution >= 0.6 is 0 Å². The zero-order valence-electron chi connectivity index (χ0n) is 9.50. The monoisotopic (exact) mass is 200 g/mol. The molecule has 0 aliphatic rings. The summed E-state index contributed by atoms with van der Waals surface area (Å²) >= 11 is 0. The Labute approximate surface area is 94.0 Å². The average Bonchev–Trinajstić information content (AvgIpc) is 2.26. The first-order valence-electron chi connectivity index (χ1n) is 5.23. The van der Waals surface area contributed by atoms with E-state index in [-0.39, 0.29) is 0 Å². The van der Waals surface area contributed by atoms with Gasteiger partial charge in [-0.25, -0.2) is 0 Å². The Kier molecular flexibility index (Phi) is 8.45. The minimum Gasteiger partial charge on any atom is -0.306 e. The van der Waals surface area contributed by atoms with Crippen LogP contribution in [-0.4, -0.2) is 13.0 Å². The molecule has 0 fully saturated rings. The normalized spacial score (nSPS) is 10.7. The van der Waals surface area contributed by atoms with Crippen molar-refractivity contribution in [2.45, 2.75) is 26.0 Å². The molecule has 0 aliphatic heterocycles. The second kappa shape index (κ2) is 9.26. The van der Waals surface area contributed by atoms with E-state index in [0.29, 0.717) is 12.0 Å². The van der Waals surface area contributed by atoms with E-state index in [1.54, 1.807) is 6.08 Å². The van der Waals surface area contributed by atoms with E-state index < -0.39 is 0 Å². The van der Waals surface area contributed by atoms with Gasteiger partial charge >= 0.3 is 0 Å². The summed E-state index contributed by atoms with van der Waals surface area (Å²) in [7, 11) is 2.08. The van der Waals surface area contributed by atoms with Gasteiger partial charge in [-0.2, -0.15) is 0 Å². The van der Waals surface area contributed by atoms with Gasteiger partial charge in [0.2, 0.25) is 0 Å². The van der Waals surface area contributed by atoms with Crippen LogP contribution in [0.2, 0.25) is 12.6 Å². The van der Waals surface area contributed by atoms with E-state index in [4.69, 9.17) is 5.41 Å². The van der Waals surface area contributed by atoms with E-state index in [1.807, 2.05) is 25.2 Å². The molecule has 1 radical (unpaired) electrons. The first-order valence-corrected chi connectivity index (χ1v) is 5.23. The van der Waals surface area contributed by atoms with Crippen molar-refractivity contribution < 1.29 is 0 Å². The largest absolute Gasteiger partial charge is 0.306 e. The first-order chi connectivity index (χ1) is 7.22. The lowest BCUT2D eigenvalue weighted by Crippen LogP contribution is -2.02. The van der Waals surface area contributed by atoms with Crippen LogP contribution in [0.1, 0.15) is 13.3 Å². The Morgan fingerprint density at radius 3 is 2.67 bits per heavy atom. The molecule has 1 N–H and O–H groups in total. The van der Waals surface area contributed by atoms with Crippen LogP contribution in [-0.2, 0) is 0 Å². The number of nitrogens with one attached hydrogen (secondary N) is 1. The minimum atomic E-state index is 0.646. The lowest BCUT2D eigenvalue weighted by molar-refractivity contribution is 1.16. The van der Waals surface area contributed by atoms with E-state index in [1.165, 1.54) is 0 Å². The Hall–Kier alpha value is -1.31. The van der Waals surface area contributed by atoms with Crippen LogP contribution in [0.5, 0.6) is 0 Å². The van der Waals surface area contributed by atoms with Crippen molar-refractivity contribution in [1.82, 2.24) is 0 Å². The van der Waals surface area contributed by atoms with Gasteiger partial charge in [0.1, 0.15) is 7.28 Å². The molecule has 0 aliphatic carbocycles. The Balaban J connectivity index is 3.58. The third-order valence-corrected chi connectivity index (χ3v) is 2.00. The van der Waals surface area contributed by atoms with Crippen molar-refractivity contribution in [3.05, 3.63) is 49.1 Å². The molecular formula is C13H19BN. The SMILES string of the molecule is C=C/C=C\C=C/C[B]CC(=N)C(=C)CC. The fourth-order valence-corrected chi connectivity index (χ4v) is 0.981. The molecule has 1 nitrogen and oxygen atoms in total. The van der Waals surface area contributed by atoms with Crippen molar-refractivity contribution in [1.29, 1.82) is 5.41 Å². The fraction of sp³-hybridized carbons (Fsp3) is 0.308. The van der Waals surface area contributed by atoms with Gasteiger partial charge in [0, 0.05) is 5.71 Å². The van der Waals surface area contributed by atoms with Crippen LogP contribution in [0, 0.1) is 5.41 Å². The summed E-state index contributed by atoms with van der Waals surface area (Å²) in [6, 6.07) is 0. The number of rotatable bonds is 8. The van der Waals surface area contributed by atoms with Gasteiger partial charge in [-0.05, 0) is 18.3 Å². The van der Waals surface area contributed by atoms with Crippen LogP contribution in [0.3, 0.4) is 0 Å². The maximum Gasteiger partial charge on any atom is 0.122 e. The molecule has 0 rings (SSSR count). The summed E-state index contributed by atoms with van der Waals surface area (Å²) in [6.45, 7) is 9.43. The molecule has 0 bridgehead atoms. The Morgan fingerprint density at radius 2 is 2.07 bits per heavy atom. The van der Waals surface area contributed by atoms with Crippen LogP contribution in [0.4, 0.5) is 0 Å². The number of hydrogen-bond acceptors (Lipinski definition) is 1. The van der Waals surface area contributed by atoms with Gasteiger partial charge in [-0.15, -0.1) is 0 Å². The summed E-state index contributed by atoms with van der Waals surface area (Å²) in [6.07, 6.45) is 12.1. The van der Waals surface area contributed by atoms with Crippen molar-refractivity contribution in [3.8, 4) is 0 Å². The number of hydrogen-bond donors (Lipinski definition) is 1. The maximum absolute atomic E-state index is 7.66. The fourth-order valence-electron chi connectivity index (χ4n) is 0.981. The van der Waals surface area contributed by atoms with Gasteiger partial charge in [0.05, 0.1) is 0 Å². The molecule has 15 heavy (non-hydrogen) atoms. The van der Waals surface area contributed by atoms with Crippen LogP contribution in [0.15, 0.2) is 49.1 Å². The molecule has 0 saturated heterocycles. The Morgan fingerprint density at radius 1 is 1.33 bits per heavy atom. The molecule has 79 valence electrons. The molecular weight excluding hydrogens is 181 g/mol. The van der Waals surface area contributed by atoms with Crippen molar-refractivity contribution in [3.63, 3.8) is 0 Å². The van der Waals surface area contributed by atoms with Gasteiger partial charge < -0.3 is 5.41 Å². The van der Waals surface area contributed by atoms with E-state index in [2.05, 4.69) is 26.5 Å². The molecule has 0 heterocycles. The van der Waals surface area contributed by atoms with Crippen LogP contribution < -0.4 is 0 Å². The van der Waals surface area contributed by atoms with Crippen molar-refractivity contribution in [2.24, 2.45) is 0 Å². The topological polar surface area (TPSA) is 23.9 Å². The molecule has 0 aromatic carbocycles. The van der Waals surface area contributed by atoms with Gasteiger partial charge in [0.25, 0.3) is 0 Å². The van der Waals surface area contributed by atoms with Crippen molar-refractivity contribution in [2.75, 3.05) is 0 Å². The Bertz CT molecular complexity index is 274. The molecule has 0 aromatic heterocycles. The second-order valence-corrected chi connectivity index (χ2v) is 3.21. The minimum absolute atomic E-state index is 0.646. The third-order valence-electron chi connectivity index (χ3n) is 2.00. The summed E-state index contributed by atoms with van der Waals surface area (Å²) in [5.41, 5.74) is 1.58.